The molecule has 8 nitrogen and oxygen atoms in total. The van der Waals surface area contributed by atoms with Crippen LogP contribution in [0.3, 0.4) is 0 Å². The highest BCUT2D eigenvalue weighted by Gasteiger charge is 2.49. The van der Waals surface area contributed by atoms with Crippen LogP contribution < -0.4 is 19.7 Å². The van der Waals surface area contributed by atoms with Gasteiger partial charge in [-0.1, -0.05) is 35.9 Å². The molecule has 1 saturated heterocycles. The standard InChI is InChI=1S/C26H25N3O5S/c1-17-5-7-18(8-6-17)26(2)24(31)29(25(32)27-26)16-23(30)28(15-20-4-3-13-35-20)19-9-10-21-22(14-19)34-12-11-33-21/h3-10,13-14H,11-12,15-16H2,1-2H3,(H,27,32)/t26-/m1/s1. The van der Waals surface area contributed by atoms with Gasteiger partial charge in [0.2, 0.25) is 5.91 Å². The number of carbonyl (C=O) groups is 3. The average molecular weight is 492 g/mol. The van der Waals surface area contributed by atoms with E-state index in [0.29, 0.717) is 42.5 Å². The summed E-state index contributed by atoms with van der Waals surface area (Å²) in [5.41, 5.74) is 1.07. The molecule has 0 spiro atoms. The first-order chi connectivity index (χ1) is 16.8. The van der Waals surface area contributed by atoms with Crippen LogP contribution in [0.4, 0.5) is 10.5 Å². The molecule has 0 aliphatic carbocycles. The number of ether oxygens (including phenoxy) is 2. The number of rotatable bonds is 6. The smallest absolute Gasteiger partial charge is 0.325 e. The van der Waals surface area contributed by atoms with Crippen molar-refractivity contribution >= 4 is 34.9 Å². The number of carbonyl (C=O) groups excluding carboxylic acids is 3. The Balaban J connectivity index is 1.41. The second-order valence-corrected chi connectivity index (χ2v) is 9.73. The van der Waals surface area contributed by atoms with Crippen LogP contribution in [-0.4, -0.2) is 42.5 Å². The van der Waals surface area contributed by atoms with Gasteiger partial charge < -0.3 is 19.7 Å². The Morgan fingerprint density at radius 2 is 1.83 bits per heavy atom. The van der Waals surface area contributed by atoms with Crippen molar-refractivity contribution in [2.45, 2.75) is 25.9 Å². The van der Waals surface area contributed by atoms with E-state index < -0.39 is 17.5 Å². The van der Waals surface area contributed by atoms with Crippen LogP contribution in [0.1, 0.15) is 22.9 Å². The van der Waals surface area contributed by atoms with Crippen LogP contribution in [0.5, 0.6) is 11.5 Å². The summed E-state index contributed by atoms with van der Waals surface area (Å²) in [6.45, 7) is 4.42. The molecule has 5 rings (SSSR count). The van der Waals surface area contributed by atoms with E-state index in [4.69, 9.17) is 9.47 Å². The van der Waals surface area contributed by atoms with Gasteiger partial charge in [0.25, 0.3) is 5.91 Å². The molecular formula is C26H25N3O5S. The third-order valence-corrected chi connectivity index (χ3v) is 7.09. The van der Waals surface area contributed by atoms with E-state index in [2.05, 4.69) is 5.32 Å². The molecule has 2 aromatic carbocycles. The van der Waals surface area contributed by atoms with Gasteiger partial charge in [0.1, 0.15) is 25.3 Å². The monoisotopic (exact) mass is 491 g/mol. The zero-order valence-corrected chi connectivity index (χ0v) is 20.3. The predicted molar refractivity (Wildman–Crippen MR) is 132 cm³/mol. The van der Waals surface area contributed by atoms with Gasteiger partial charge in [-0.15, -0.1) is 11.3 Å². The molecule has 0 saturated carbocycles. The van der Waals surface area contributed by atoms with E-state index >= 15 is 0 Å². The molecule has 3 heterocycles. The topological polar surface area (TPSA) is 88.2 Å². The molecule has 3 aromatic rings. The number of hydrogen-bond donors (Lipinski definition) is 1. The first-order valence-electron chi connectivity index (χ1n) is 11.3. The Hall–Kier alpha value is -3.85. The quantitative estimate of drug-likeness (QED) is 0.530. The lowest BCUT2D eigenvalue weighted by atomic mass is 9.91. The first kappa shape index (κ1) is 22.9. The van der Waals surface area contributed by atoms with Crippen LogP contribution in [0, 0.1) is 6.92 Å². The van der Waals surface area contributed by atoms with Gasteiger partial charge >= 0.3 is 6.03 Å². The van der Waals surface area contributed by atoms with E-state index in [-0.39, 0.29) is 12.5 Å². The van der Waals surface area contributed by atoms with Crippen LogP contribution in [0.15, 0.2) is 60.0 Å². The van der Waals surface area contributed by atoms with Crippen molar-refractivity contribution in [3.8, 4) is 11.5 Å². The minimum Gasteiger partial charge on any atom is -0.486 e. The van der Waals surface area contributed by atoms with Gasteiger partial charge in [-0.05, 0) is 43.0 Å². The lowest BCUT2D eigenvalue weighted by molar-refractivity contribution is -0.134. The molecule has 9 heteroatoms. The molecule has 1 aromatic heterocycles. The number of anilines is 1. The van der Waals surface area contributed by atoms with Crippen molar-refractivity contribution in [1.29, 1.82) is 0 Å². The summed E-state index contributed by atoms with van der Waals surface area (Å²) in [6, 6.07) is 16.0. The van der Waals surface area contributed by atoms with E-state index in [1.807, 2.05) is 48.7 Å². The fourth-order valence-corrected chi connectivity index (χ4v) is 4.92. The summed E-state index contributed by atoms with van der Waals surface area (Å²) in [6.07, 6.45) is 0. The Labute approximate surface area is 207 Å². The number of aryl methyl sites for hydroxylation is 1. The van der Waals surface area contributed by atoms with Crippen LogP contribution in [-0.2, 0) is 21.7 Å². The van der Waals surface area contributed by atoms with Gasteiger partial charge in [0.05, 0.1) is 6.54 Å². The largest absolute Gasteiger partial charge is 0.486 e. The minimum atomic E-state index is -1.24. The maximum atomic E-state index is 13.6. The predicted octanol–water partition coefficient (Wildman–Crippen LogP) is 3.83. The molecule has 1 N–H and O–H groups in total. The Morgan fingerprint density at radius 3 is 2.54 bits per heavy atom. The van der Waals surface area contributed by atoms with Crippen molar-refractivity contribution in [1.82, 2.24) is 10.2 Å². The van der Waals surface area contributed by atoms with Crippen molar-refractivity contribution in [2.75, 3.05) is 24.7 Å². The molecule has 4 amide bonds. The number of hydrogen-bond acceptors (Lipinski definition) is 6. The first-order valence-corrected chi connectivity index (χ1v) is 12.2. The second kappa shape index (κ2) is 9.07. The van der Waals surface area contributed by atoms with Crippen LogP contribution >= 0.6 is 11.3 Å². The zero-order valence-electron chi connectivity index (χ0n) is 19.4. The zero-order chi connectivity index (χ0) is 24.6. The number of nitrogens with one attached hydrogen (secondary N) is 1. The Morgan fingerprint density at radius 1 is 1.09 bits per heavy atom. The van der Waals surface area contributed by atoms with Gasteiger partial charge in [0, 0.05) is 16.6 Å². The molecule has 0 bridgehead atoms. The maximum absolute atomic E-state index is 13.6. The Bertz CT molecular complexity index is 1270. The lowest BCUT2D eigenvalue weighted by Crippen LogP contribution is -2.44. The number of urea groups is 1. The molecule has 2 aliphatic heterocycles. The SMILES string of the molecule is Cc1ccc([C@@]2(C)NC(=O)N(CC(=O)N(Cc3cccs3)c3ccc4c(c3)OCCO4)C2=O)cc1. The van der Waals surface area contributed by atoms with Crippen molar-refractivity contribution < 1.29 is 23.9 Å². The molecule has 180 valence electrons. The number of amides is 4. The number of imide groups is 1. The normalized spacial score (nSPS) is 19.0. The van der Waals surface area contributed by atoms with Gasteiger partial charge in [0.15, 0.2) is 11.5 Å². The summed E-state index contributed by atoms with van der Waals surface area (Å²) < 4.78 is 11.3. The molecule has 1 fully saturated rings. The maximum Gasteiger partial charge on any atom is 0.325 e. The van der Waals surface area contributed by atoms with Crippen molar-refractivity contribution in [3.05, 3.63) is 76.0 Å². The van der Waals surface area contributed by atoms with Crippen LogP contribution in [0.2, 0.25) is 0 Å². The summed E-state index contributed by atoms with van der Waals surface area (Å²) in [5.74, 6) is 0.329. The van der Waals surface area contributed by atoms with E-state index in [0.717, 1.165) is 15.3 Å². The van der Waals surface area contributed by atoms with Gasteiger partial charge in [-0.25, -0.2) is 4.79 Å². The summed E-state index contributed by atoms with van der Waals surface area (Å²) >= 11 is 1.52. The Kier molecular flexibility index (Phi) is 5.94. The molecule has 35 heavy (non-hydrogen) atoms. The fraction of sp³-hybridized carbons (Fsp3) is 0.269. The lowest BCUT2D eigenvalue weighted by Gasteiger charge is -2.27. The summed E-state index contributed by atoms with van der Waals surface area (Å²) in [4.78, 5) is 43.3. The van der Waals surface area contributed by atoms with Crippen LogP contribution in [0.25, 0.3) is 0 Å². The third-order valence-electron chi connectivity index (χ3n) is 6.23. The molecule has 2 aliphatic rings. The molecular weight excluding hydrogens is 466 g/mol. The highest BCUT2D eigenvalue weighted by molar-refractivity contribution is 7.09. The average Bonchev–Trinajstić information content (AvgIpc) is 3.45. The number of nitrogens with zero attached hydrogens (tertiary/aromatic N) is 2. The molecule has 0 radical (unpaired) electrons. The number of thiophene rings is 1. The molecule has 0 unspecified atom stereocenters. The fourth-order valence-electron chi connectivity index (χ4n) is 4.23. The van der Waals surface area contributed by atoms with Crippen molar-refractivity contribution in [2.24, 2.45) is 0 Å². The third kappa shape index (κ3) is 4.35. The minimum absolute atomic E-state index is 0.301. The van der Waals surface area contributed by atoms with E-state index in [9.17, 15) is 14.4 Å². The number of fused-ring (bicyclic) bond motifs is 1. The van der Waals surface area contributed by atoms with E-state index in [1.165, 1.54) is 11.3 Å². The second-order valence-electron chi connectivity index (χ2n) is 8.70. The summed E-state index contributed by atoms with van der Waals surface area (Å²) in [7, 11) is 0. The highest BCUT2D eigenvalue weighted by atomic mass is 32.1. The highest BCUT2D eigenvalue weighted by Crippen LogP contribution is 2.35. The number of benzene rings is 2. The molecule has 1 atom stereocenters. The summed E-state index contributed by atoms with van der Waals surface area (Å²) in [5, 5.41) is 4.71. The van der Waals surface area contributed by atoms with Gasteiger partial charge in [-0.3, -0.25) is 14.5 Å². The van der Waals surface area contributed by atoms with Gasteiger partial charge in [-0.2, -0.15) is 0 Å². The van der Waals surface area contributed by atoms with E-state index in [1.54, 1.807) is 30.0 Å². The van der Waals surface area contributed by atoms with Crippen molar-refractivity contribution in [3.63, 3.8) is 0 Å².